The summed E-state index contributed by atoms with van der Waals surface area (Å²) in [7, 11) is 0. The van der Waals surface area contributed by atoms with E-state index in [1.54, 1.807) is 0 Å². The third-order valence-electron chi connectivity index (χ3n) is 3.21. The zero-order valence-corrected chi connectivity index (χ0v) is 11.2. The molecule has 2 aromatic rings. The van der Waals surface area contributed by atoms with Crippen LogP contribution in [0.15, 0.2) is 18.6 Å². The summed E-state index contributed by atoms with van der Waals surface area (Å²) in [6, 6.07) is 2.07. The molecule has 0 saturated heterocycles. The fraction of sp³-hybridized carbons (Fsp3) is 0.462. The molecule has 0 spiro atoms. The van der Waals surface area contributed by atoms with E-state index in [-0.39, 0.29) is 5.92 Å². The molecule has 0 amide bonds. The van der Waals surface area contributed by atoms with Crippen LogP contribution in [0, 0.1) is 0 Å². The van der Waals surface area contributed by atoms with Crippen molar-refractivity contribution in [2.45, 2.75) is 38.5 Å². The van der Waals surface area contributed by atoms with Crippen molar-refractivity contribution in [1.29, 1.82) is 0 Å². The first kappa shape index (κ1) is 11.7. The Morgan fingerprint density at radius 3 is 2.78 bits per heavy atom. The number of rotatable bonds is 3. The zero-order chi connectivity index (χ0) is 12.7. The van der Waals surface area contributed by atoms with Crippen LogP contribution in [0.25, 0.3) is 5.82 Å². The third-order valence-corrected chi connectivity index (χ3v) is 3.52. The van der Waals surface area contributed by atoms with Gasteiger partial charge >= 0.3 is 0 Å². The van der Waals surface area contributed by atoms with Crippen LogP contribution in [0.2, 0.25) is 5.15 Å². The van der Waals surface area contributed by atoms with Gasteiger partial charge in [0, 0.05) is 17.7 Å². The highest BCUT2D eigenvalue weighted by molar-refractivity contribution is 6.30. The van der Waals surface area contributed by atoms with E-state index in [0.29, 0.717) is 11.1 Å². The van der Waals surface area contributed by atoms with Crippen LogP contribution < -0.4 is 0 Å². The van der Waals surface area contributed by atoms with Crippen molar-refractivity contribution in [3.8, 4) is 5.82 Å². The fourth-order valence-corrected chi connectivity index (χ4v) is 2.44. The van der Waals surface area contributed by atoms with Crippen LogP contribution in [-0.2, 0) is 0 Å². The van der Waals surface area contributed by atoms with E-state index in [9.17, 15) is 0 Å². The first-order valence-corrected chi connectivity index (χ1v) is 6.61. The maximum absolute atomic E-state index is 6.16. The van der Waals surface area contributed by atoms with Crippen molar-refractivity contribution in [2.75, 3.05) is 0 Å². The van der Waals surface area contributed by atoms with E-state index in [1.165, 1.54) is 19.2 Å². The van der Waals surface area contributed by atoms with Gasteiger partial charge in [-0.2, -0.15) is 5.10 Å². The lowest BCUT2D eigenvalue weighted by Gasteiger charge is -2.12. The van der Waals surface area contributed by atoms with Crippen molar-refractivity contribution in [3.63, 3.8) is 0 Å². The molecule has 18 heavy (non-hydrogen) atoms. The first-order valence-electron chi connectivity index (χ1n) is 6.23. The van der Waals surface area contributed by atoms with E-state index < -0.39 is 0 Å². The quantitative estimate of drug-likeness (QED) is 0.797. The predicted octanol–water partition coefficient (Wildman–Crippen LogP) is 3.32. The van der Waals surface area contributed by atoms with Gasteiger partial charge in [0.25, 0.3) is 0 Å². The molecule has 0 radical (unpaired) electrons. The van der Waals surface area contributed by atoms with E-state index in [4.69, 9.17) is 11.6 Å². The normalized spacial score (nSPS) is 15.3. The number of halogens is 1. The minimum atomic E-state index is 0.266. The summed E-state index contributed by atoms with van der Waals surface area (Å²) >= 11 is 6.16. The molecule has 3 rings (SSSR count). The Balaban J connectivity index is 2.06. The zero-order valence-electron chi connectivity index (χ0n) is 10.5. The number of nitrogens with zero attached hydrogens (tertiary/aromatic N) is 4. The Labute approximate surface area is 111 Å². The molecule has 1 saturated carbocycles. The summed E-state index contributed by atoms with van der Waals surface area (Å²) in [5.74, 6) is 1.70. The lowest BCUT2D eigenvalue weighted by atomic mass is 10.1. The van der Waals surface area contributed by atoms with Crippen molar-refractivity contribution in [2.24, 2.45) is 0 Å². The SMILES string of the molecule is CC(C)c1c(Cl)ncnc1-n1ccc(C2CC2)n1. The monoisotopic (exact) mass is 262 g/mol. The molecule has 94 valence electrons. The van der Waals surface area contributed by atoms with Crippen LogP contribution in [0.4, 0.5) is 0 Å². The third kappa shape index (κ3) is 2.01. The molecule has 1 aliphatic carbocycles. The molecule has 2 heterocycles. The molecule has 0 N–H and O–H groups in total. The molecule has 1 fully saturated rings. The van der Waals surface area contributed by atoms with E-state index in [0.717, 1.165) is 17.1 Å². The van der Waals surface area contributed by atoms with Crippen LogP contribution in [0.5, 0.6) is 0 Å². The Morgan fingerprint density at radius 2 is 2.11 bits per heavy atom. The number of hydrogen-bond donors (Lipinski definition) is 0. The molecule has 5 heteroatoms. The summed E-state index contributed by atoms with van der Waals surface area (Å²) in [6.07, 6.45) is 5.94. The van der Waals surface area contributed by atoms with Gasteiger partial charge < -0.3 is 0 Å². The Morgan fingerprint density at radius 1 is 1.33 bits per heavy atom. The summed E-state index contributed by atoms with van der Waals surface area (Å²) in [5.41, 5.74) is 2.10. The molecule has 0 unspecified atom stereocenters. The smallest absolute Gasteiger partial charge is 0.161 e. The lowest BCUT2D eigenvalue weighted by Crippen LogP contribution is -2.07. The molecule has 0 bridgehead atoms. The van der Waals surface area contributed by atoms with Gasteiger partial charge in [-0.3, -0.25) is 0 Å². The summed E-state index contributed by atoms with van der Waals surface area (Å²) in [5, 5.41) is 5.11. The van der Waals surface area contributed by atoms with Gasteiger partial charge in [-0.25, -0.2) is 14.6 Å². The van der Waals surface area contributed by atoms with Crippen LogP contribution in [0.1, 0.15) is 49.8 Å². The highest BCUT2D eigenvalue weighted by Crippen LogP contribution is 2.39. The van der Waals surface area contributed by atoms with Gasteiger partial charge in [-0.05, 0) is 24.8 Å². The summed E-state index contributed by atoms with van der Waals surface area (Å²) in [4.78, 5) is 8.38. The molecular formula is C13H15ClN4. The topological polar surface area (TPSA) is 43.6 Å². The highest BCUT2D eigenvalue weighted by atomic mass is 35.5. The molecule has 0 aromatic carbocycles. The minimum Gasteiger partial charge on any atom is -0.224 e. The summed E-state index contributed by atoms with van der Waals surface area (Å²) < 4.78 is 1.82. The number of aromatic nitrogens is 4. The molecule has 1 aliphatic rings. The van der Waals surface area contributed by atoms with Gasteiger partial charge in [0.15, 0.2) is 5.82 Å². The largest absolute Gasteiger partial charge is 0.224 e. The Bertz CT molecular complexity index is 572. The van der Waals surface area contributed by atoms with Crippen molar-refractivity contribution < 1.29 is 0 Å². The average molecular weight is 263 g/mol. The second kappa shape index (κ2) is 4.35. The highest BCUT2D eigenvalue weighted by Gasteiger charge is 2.26. The standard InChI is InChI=1S/C13H15ClN4/c1-8(2)11-12(14)15-7-16-13(11)18-6-5-10(17-18)9-3-4-9/h5-9H,3-4H2,1-2H3. The van der Waals surface area contributed by atoms with E-state index in [2.05, 4.69) is 35.0 Å². The molecule has 0 atom stereocenters. The molecule has 2 aromatic heterocycles. The van der Waals surface area contributed by atoms with Crippen LogP contribution in [0.3, 0.4) is 0 Å². The van der Waals surface area contributed by atoms with Crippen molar-refractivity contribution in [1.82, 2.24) is 19.7 Å². The molecule has 4 nitrogen and oxygen atoms in total. The fourth-order valence-electron chi connectivity index (χ4n) is 2.10. The minimum absolute atomic E-state index is 0.266. The second-order valence-electron chi connectivity index (χ2n) is 5.02. The number of hydrogen-bond acceptors (Lipinski definition) is 3. The van der Waals surface area contributed by atoms with Crippen molar-refractivity contribution in [3.05, 3.63) is 35.0 Å². The van der Waals surface area contributed by atoms with Crippen LogP contribution in [-0.4, -0.2) is 19.7 Å². The molecule has 0 aliphatic heterocycles. The Hall–Kier alpha value is -1.42. The first-order chi connectivity index (χ1) is 8.66. The van der Waals surface area contributed by atoms with Gasteiger partial charge in [0.05, 0.1) is 5.69 Å². The van der Waals surface area contributed by atoms with E-state index >= 15 is 0 Å². The van der Waals surface area contributed by atoms with Gasteiger partial charge in [0.2, 0.25) is 0 Å². The summed E-state index contributed by atoms with van der Waals surface area (Å²) in [6.45, 7) is 4.17. The van der Waals surface area contributed by atoms with Gasteiger partial charge in [-0.15, -0.1) is 0 Å². The lowest BCUT2D eigenvalue weighted by molar-refractivity contribution is 0.759. The van der Waals surface area contributed by atoms with Gasteiger partial charge in [0.1, 0.15) is 11.5 Å². The Kier molecular flexibility index (Phi) is 2.82. The second-order valence-corrected chi connectivity index (χ2v) is 5.37. The van der Waals surface area contributed by atoms with E-state index in [1.807, 2.05) is 10.9 Å². The van der Waals surface area contributed by atoms with Crippen molar-refractivity contribution >= 4 is 11.6 Å². The predicted molar refractivity (Wildman–Crippen MR) is 70.2 cm³/mol. The van der Waals surface area contributed by atoms with Crippen LogP contribution >= 0.6 is 11.6 Å². The average Bonchev–Trinajstić information content (AvgIpc) is 3.06. The maximum Gasteiger partial charge on any atom is 0.161 e. The van der Waals surface area contributed by atoms with Gasteiger partial charge in [-0.1, -0.05) is 25.4 Å². The molecular weight excluding hydrogens is 248 g/mol. The maximum atomic E-state index is 6.16.